The highest BCUT2D eigenvalue weighted by atomic mass is 16.7. The highest BCUT2D eigenvalue weighted by Gasteiger charge is 2.51. The Morgan fingerprint density at radius 2 is 2.50 bits per heavy atom. The molecular formula is C14H19N3O3. The summed E-state index contributed by atoms with van der Waals surface area (Å²) in [5, 5.41) is 18.9. The smallest absolute Gasteiger partial charge is 0.192 e. The van der Waals surface area contributed by atoms with E-state index < -0.39 is 11.9 Å². The Morgan fingerprint density at radius 1 is 1.60 bits per heavy atom. The van der Waals surface area contributed by atoms with E-state index in [2.05, 4.69) is 22.2 Å². The maximum absolute atomic E-state index is 10.8. The summed E-state index contributed by atoms with van der Waals surface area (Å²) >= 11 is 0. The minimum Gasteiger partial charge on any atom is -0.378 e. The van der Waals surface area contributed by atoms with Crippen LogP contribution in [0.25, 0.3) is 0 Å². The zero-order valence-electron chi connectivity index (χ0n) is 11.6. The highest BCUT2D eigenvalue weighted by molar-refractivity contribution is 5.11. The molecule has 1 aromatic rings. The van der Waals surface area contributed by atoms with Gasteiger partial charge in [-0.1, -0.05) is 5.21 Å². The van der Waals surface area contributed by atoms with Crippen molar-refractivity contribution in [3.05, 3.63) is 11.9 Å². The molecule has 1 aromatic heterocycles. The Bertz CT molecular complexity index is 533. The van der Waals surface area contributed by atoms with Gasteiger partial charge in [0.2, 0.25) is 0 Å². The molecule has 3 rings (SSSR count). The molecular weight excluding hydrogens is 258 g/mol. The van der Waals surface area contributed by atoms with E-state index in [-0.39, 0.29) is 6.10 Å². The van der Waals surface area contributed by atoms with Crippen LogP contribution in [0, 0.1) is 11.8 Å². The summed E-state index contributed by atoms with van der Waals surface area (Å²) in [6.45, 7) is 3.13. The third-order valence-electron chi connectivity index (χ3n) is 3.83. The predicted octanol–water partition coefficient (Wildman–Crippen LogP) is 0.804. The van der Waals surface area contributed by atoms with E-state index in [9.17, 15) is 5.11 Å². The summed E-state index contributed by atoms with van der Waals surface area (Å²) in [6, 6.07) is 0. The molecule has 1 unspecified atom stereocenters. The molecule has 2 saturated heterocycles. The first kappa shape index (κ1) is 13.6. The fraction of sp³-hybridized carbons (Fsp3) is 0.714. The second-order valence-electron chi connectivity index (χ2n) is 5.28. The molecule has 3 heterocycles. The van der Waals surface area contributed by atoms with Crippen LogP contribution >= 0.6 is 0 Å². The van der Waals surface area contributed by atoms with Gasteiger partial charge in [-0.2, -0.15) is 0 Å². The Labute approximate surface area is 118 Å². The van der Waals surface area contributed by atoms with Crippen LogP contribution in [-0.2, 0) is 21.6 Å². The number of fused-ring (bicyclic) bond motifs is 2. The molecule has 0 spiro atoms. The van der Waals surface area contributed by atoms with Gasteiger partial charge in [0.25, 0.3) is 0 Å². The normalized spacial score (nSPS) is 31.9. The second-order valence-corrected chi connectivity index (χ2v) is 5.28. The topological polar surface area (TPSA) is 69.4 Å². The largest absolute Gasteiger partial charge is 0.378 e. The van der Waals surface area contributed by atoms with Gasteiger partial charge in [0.05, 0.1) is 18.9 Å². The van der Waals surface area contributed by atoms with Crippen molar-refractivity contribution in [1.29, 1.82) is 0 Å². The van der Waals surface area contributed by atoms with Gasteiger partial charge in [0, 0.05) is 13.0 Å². The molecule has 2 aliphatic heterocycles. The van der Waals surface area contributed by atoms with Gasteiger partial charge in [-0.25, -0.2) is 0 Å². The lowest BCUT2D eigenvalue weighted by molar-refractivity contribution is -0.219. The Hall–Kier alpha value is -1.42. The van der Waals surface area contributed by atoms with Gasteiger partial charge in [-0.3, -0.25) is 4.68 Å². The van der Waals surface area contributed by atoms with Crippen molar-refractivity contribution in [2.45, 2.75) is 57.1 Å². The molecule has 2 bridgehead atoms. The SMILES string of the molecule is CC#CCCCn1cc(C2(O)CC[C@H]3CO[C@@H]2O3)nn1. The van der Waals surface area contributed by atoms with Gasteiger partial charge in [0.1, 0.15) is 5.69 Å². The van der Waals surface area contributed by atoms with Gasteiger partial charge < -0.3 is 14.6 Å². The van der Waals surface area contributed by atoms with E-state index in [1.165, 1.54) is 0 Å². The van der Waals surface area contributed by atoms with E-state index in [0.717, 1.165) is 25.8 Å². The first-order valence-corrected chi connectivity index (χ1v) is 7.02. The molecule has 0 radical (unpaired) electrons. The van der Waals surface area contributed by atoms with Gasteiger partial charge in [0.15, 0.2) is 11.9 Å². The van der Waals surface area contributed by atoms with Crippen molar-refractivity contribution >= 4 is 0 Å². The molecule has 0 aromatic carbocycles. The Morgan fingerprint density at radius 3 is 3.35 bits per heavy atom. The van der Waals surface area contributed by atoms with Crippen molar-refractivity contribution in [1.82, 2.24) is 15.0 Å². The molecule has 0 aliphatic carbocycles. The molecule has 6 heteroatoms. The predicted molar refractivity (Wildman–Crippen MR) is 70.4 cm³/mol. The fourth-order valence-corrected chi connectivity index (χ4v) is 2.66. The summed E-state index contributed by atoms with van der Waals surface area (Å²) in [4.78, 5) is 0. The first-order valence-electron chi connectivity index (χ1n) is 7.02. The number of nitrogens with zero attached hydrogens (tertiary/aromatic N) is 3. The summed E-state index contributed by atoms with van der Waals surface area (Å²) < 4.78 is 12.9. The molecule has 20 heavy (non-hydrogen) atoms. The van der Waals surface area contributed by atoms with Crippen LogP contribution in [-0.4, -0.2) is 39.1 Å². The van der Waals surface area contributed by atoms with Crippen molar-refractivity contribution < 1.29 is 14.6 Å². The lowest BCUT2D eigenvalue weighted by Gasteiger charge is -2.34. The molecule has 1 N–H and O–H groups in total. The number of unbranched alkanes of at least 4 members (excludes halogenated alkanes) is 1. The van der Waals surface area contributed by atoms with E-state index in [0.29, 0.717) is 18.7 Å². The molecule has 3 atom stereocenters. The van der Waals surface area contributed by atoms with Crippen molar-refractivity contribution in [3.8, 4) is 11.8 Å². The zero-order chi connectivity index (χ0) is 14.0. The standard InChI is InChI=1S/C14H19N3O3/c1-2-3-4-5-8-17-9-12(15-16-17)14(18)7-6-11-10-19-13(14)20-11/h9,11,13,18H,4-8,10H2,1H3/t11-,13+,14?/m0/s1. The number of aliphatic hydroxyl groups is 1. The fourth-order valence-electron chi connectivity index (χ4n) is 2.66. The molecule has 2 aliphatic rings. The quantitative estimate of drug-likeness (QED) is 0.651. The number of aromatic nitrogens is 3. The van der Waals surface area contributed by atoms with Crippen LogP contribution in [0.15, 0.2) is 6.20 Å². The van der Waals surface area contributed by atoms with Crippen molar-refractivity contribution in [3.63, 3.8) is 0 Å². The first-order chi connectivity index (χ1) is 9.72. The highest BCUT2D eigenvalue weighted by Crippen LogP contribution is 2.40. The van der Waals surface area contributed by atoms with Crippen LogP contribution in [0.1, 0.15) is 38.3 Å². The van der Waals surface area contributed by atoms with Crippen LogP contribution in [0.5, 0.6) is 0 Å². The number of aryl methyl sites for hydroxylation is 1. The minimum absolute atomic E-state index is 0.114. The molecule has 108 valence electrons. The Balaban J connectivity index is 1.67. The van der Waals surface area contributed by atoms with Crippen LogP contribution in [0.2, 0.25) is 0 Å². The lowest BCUT2D eigenvalue weighted by atomic mass is 9.90. The second kappa shape index (κ2) is 5.52. The maximum atomic E-state index is 10.8. The summed E-state index contributed by atoms with van der Waals surface area (Å²) in [5.74, 6) is 5.88. The third kappa shape index (κ3) is 2.44. The van der Waals surface area contributed by atoms with Crippen LogP contribution < -0.4 is 0 Å². The summed E-state index contributed by atoms with van der Waals surface area (Å²) in [6.07, 6.45) is 4.42. The van der Waals surface area contributed by atoms with Crippen molar-refractivity contribution in [2.24, 2.45) is 0 Å². The van der Waals surface area contributed by atoms with Crippen LogP contribution in [0.3, 0.4) is 0 Å². The maximum Gasteiger partial charge on any atom is 0.192 e. The van der Waals surface area contributed by atoms with Crippen LogP contribution in [0.4, 0.5) is 0 Å². The molecule has 0 amide bonds. The van der Waals surface area contributed by atoms with E-state index in [4.69, 9.17) is 9.47 Å². The monoisotopic (exact) mass is 277 g/mol. The zero-order valence-corrected chi connectivity index (χ0v) is 11.6. The average Bonchev–Trinajstić information content (AvgIpc) is 3.08. The minimum atomic E-state index is -1.17. The van der Waals surface area contributed by atoms with E-state index in [1.54, 1.807) is 10.9 Å². The molecule has 2 fully saturated rings. The molecule has 6 nitrogen and oxygen atoms in total. The van der Waals surface area contributed by atoms with Gasteiger partial charge in [-0.05, 0) is 26.2 Å². The van der Waals surface area contributed by atoms with E-state index in [1.807, 2.05) is 6.92 Å². The van der Waals surface area contributed by atoms with Gasteiger partial charge in [-0.15, -0.1) is 16.9 Å². The van der Waals surface area contributed by atoms with E-state index >= 15 is 0 Å². The lowest BCUT2D eigenvalue weighted by Crippen LogP contribution is -2.44. The number of hydrogen-bond donors (Lipinski definition) is 1. The third-order valence-corrected chi connectivity index (χ3v) is 3.83. The number of ether oxygens (including phenoxy) is 2. The Kier molecular flexibility index (Phi) is 3.74. The van der Waals surface area contributed by atoms with Gasteiger partial charge >= 0.3 is 0 Å². The summed E-state index contributed by atoms with van der Waals surface area (Å²) in [7, 11) is 0. The molecule has 0 saturated carbocycles. The average molecular weight is 277 g/mol. The number of rotatable bonds is 4. The summed E-state index contributed by atoms with van der Waals surface area (Å²) in [5.41, 5.74) is -0.640. The number of hydrogen-bond acceptors (Lipinski definition) is 5. The van der Waals surface area contributed by atoms with Crippen molar-refractivity contribution in [2.75, 3.05) is 6.61 Å².